The maximum Gasteiger partial charge on any atom is 0.166 e. The first kappa shape index (κ1) is 10.7. The van der Waals surface area contributed by atoms with E-state index < -0.39 is 0 Å². The molecule has 0 unspecified atom stereocenters. The van der Waals surface area contributed by atoms with E-state index in [1.807, 2.05) is 42.4 Å². The van der Waals surface area contributed by atoms with Crippen LogP contribution in [0.2, 0.25) is 0 Å². The summed E-state index contributed by atoms with van der Waals surface area (Å²) in [4.78, 5) is 13.8. The van der Waals surface area contributed by atoms with Gasteiger partial charge < -0.3 is 9.64 Å². The Kier molecular flexibility index (Phi) is 2.95. The van der Waals surface area contributed by atoms with Crippen molar-refractivity contribution in [3.63, 3.8) is 0 Å². The zero-order chi connectivity index (χ0) is 11.5. The molecule has 0 atom stereocenters. The molecule has 0 saturated carbocycles. The fraction of sp³-hybridized carbons (Fsp3) is 0.308. The van der Waals surface area contributed by atoms with Crippen LogP contribution in [0.15, 0.2) is 30.5 Å². The molecule has 0 fully saturated rings. The molecular weight excluding hydrogens is 202 g/mol. The Balaban J connectivity index is 2.31. The Morgan fingerprint density at radius 1 is 1.25 bits per heavy atom. The van der Waals surface area contributed by atoms with Crippen molar-refractivity contribution in [2.45, 2.75) is 6.42 Å². The fourth-order valence-electron chi connectivity index (χ4n) is 1.78. The molecule has 1 aliphatic rings. The van der Waals surface area contributed by atoms with Crippen LogP contribution in [0, 0.1) is 0 Å². The SMILES string of the molecule is COc1ccc(C2=CN(C)CCC2=O)cc1. The van der Waals surface area contributed by atoms with Crippen LogP contribution in [0.4, 0.5) is 0 Å². The van der Waals surface area contributed by atoms with Crippen molar-refractivity contribution < 1.29 is 9.53 Å². The predicted molar refractivity (Wildman–Crippen MR) is 63.2 cm³/mol. The van der Waals surface area contributed by atoms with E-state index in [0.29, 0.717) is 6.42 Å². The Labute approximate surface area is 95.3 Å². The van der Waals surface area contributed by atoms with Crippen molar-refractivity contribution in [1.29, 1.82) is 0 Å². The third-order valence-corrected chi connectivity index (χ3v) is 2.74. The molecule has 0 bridgehead atoms. The number of methoxy groups -OCH3 is 1. The zero-order valence-electron chi connectivity index (χ0n) is 9.56. The normalized spacial score (nSPS) is 16.0. The van der Waals surface area contributed by atoms with Gasteiger partial charge in [-0.2, -0.15) is 0 Å². The molecule has 0 aromatic heterocycles. The molecule has 0 N–H and O–H groups in total. The number of benzene rings is 1. The number of hydrogen-bond donors (Lipinski definition) is 0. The summed E-state index contributed by atoms with van der Waals surface area (Å²) in [5.41, 5.74) is 1.74. The van der Waals surface area contributed by atoms with Gasteiger partial charge in [0.1, 0.15) is 5.75 Å². The predicted octanol–water partition coefficient (Wildman–Crippen LogP) is 1.94. The number of nitrogens with zero attached hydrogens (tertiary/aromatic N) is 1. The number of ether oxygens (including phenoxy) is 1. The highest BCUT2D eigenvalue weighted by atomic mass is 16.5. The molecule has 16 heavy (non-hydrogen) atoms. The first-order valence-electron chi connectivity index (χ1n) is 5.30. The van der Waals surface area contributed by atoms with Gasteiger partial charge in [0.15, 0.2) is 5.78 Å². The van der Waals surface area contributed by atoms with Gasteiger partial charge in [-0.1, -0.05) is 12.1 Å². The minimum absolute atomic E-state index is 0.211. The van der Waals surface area contributed by atoms with Crippen LogP contribution in [0.5, 0.6) is 5.75 Å². The lowest BCUT2D eigenvalue weighted by Crippen LogP contribution is -2.23. The Morgan fingerprint density at radius 3 is 2.56 bits per heavy atom. The van der Waals surface area contributed by atoms with Crippen molar-refractivity contribution in [1.82, 2.24) is 4.90 Å². The van der Waals surface area contributed by atoms with E-state index in [-0.39, 0.29) is 5.78 Å². The highest BCUT2D eigenvalue weighted by Gasteiger charge is 2.17. The summed E-state index contributed by atoms with van der Waals surface area (Å²) in [6.45, 7) is 0.804. The van der Waals surface area contributed by atoms with Crippen LogP contribution < -0.4 is 4.74 Å². The van der Waals surface area contributed by atoms with E-state index in [9.17, 15) is 4.79 Å². The number of carbonyl (C=O) groups is 1. The van der Waals surface area contributed by atoms with E-state index in [1.165, 1.54) is 0 Å². The molecule has 1 heterocycles. The second-order valence-electron chi connectivity index (χ2n) is 3.93. The van der Waals surface area contributed by atoms with Gasteiger partial charge in [-0.05, 0) is 17.7 Å². The molecule has 1 aromatic rings. The van der Waals surface area contributed by atoms with Crippen molar-refractivity contribution in [3.05, 3.63) is 36.0 Å². The van der Waals surface area contributed by atoms with E-state index in [0.717, 1.165) is 23.4 Å². The van der Waals surface area contributed by atoms with E-state index in [1.54, 1.807) is 7.11 Å². The Morgan fingerprint density at radius 2 is 1.94 bits per heavy atom. The maximum absolute atomic E-state index is 11.8. The third-order valence-electron chi connectivity index (χ3n) is 2.74. The summed E-state index contributed by atoms with van der Waals surface area (Å²) in [5, 5.41) is 0. The van der Waals surface area contributed by atoms with E-state index >= 15 is 0 Å². The minimum Gasteiger partial charge on any atom is -0.497 e. The summed E-state index contributed by atoms with van der Waals surface area (Å²) in [6.07, 6.45) is 2.50. The van der Waals surface area contributed by atoms with Crippen LogP contribution in [0.3, 0.4) is 0 Å². The van der Waals surface area contributed by atoms with Gasteiger partial charge in [-0.25, -0.2) is 0 Å². The summed E-state index contributed by atoms with van der Waals surface area (Å²) in [7, 11) is 3.61. The molecule has 0 amide bonds. The largest absolute Gasteiger partial charge is 0.497 e. The average Bonchev–Trinajstić information content (AvgIpc) is 2.32. The smallest absolute Gasteiger partial charge is 0.166 e. The summed E-state index contributed by atoms with van der Waals surface area (Å²) in [5.74, 6) is 1.02. The summed E-state index contributed by atoms with van der Waals surface area (Å²) in [6, 6.07) is 7.58. The van der Waals surface area contributed by atoms with Gasteiger partial charge >= 0.3 is 0 Å². The van der Waals surface area contributed by atoms with Crippen LogP contribution in [0.25, 0.3) is 5.57 Å². The van der Waals surface area contributed by atoms with Crippen molar-refractivity contribution in [2.24, 2.45) is 0 Å². The highest BCUT2D eigenvalue weighted by molar-refractivity contribution is 6.21. The lowest BCUT2D eigenvalue weighted by Gasteiger charge is -2.21. The quantitative estimate of drug-likeness (QED) is 0.758. The summed E-state index contributed by atoms with van der Waals surface area (Å²) < 4.78 is 5.09. The number of rotatable bonds is 2. The van der Waals surface area contributed by atoms with Gasteiger partial charge in [0.25, 0.3) is 0 Å². The molecule has 0 radical (unpaired) electrons. The van der Waals surface area contributed by atoms with Gasteiger partial charge in [0.05, 0.1) is 7.11 Å². The highest BCUT2D eigenvalue weighted by Crippen LogP contribution is 2.23. The molecule has 84 valence electrons. The van der Waals surface area contributed by atoms with Crippen molar-refractivity contribution in [2.75, 3.05) is 20.7 Å². The molecule has 1 aromatic carbocycles. The van der Waals surface area contributed by atoms with Crippen LogP contribution >= 0.6 is 0 Å². The molecule has 0 spiro atoms. The number of hydrogen-bond acceptors (Lipinski definition) is 3. The van der Waals surface area contributed by atoms with E-state index in [2.05, 4.69) is 0 Å². The monoisotopic (exact) mass is 217 g/mol. The minimum atomic E-state index is 0.211. The maximum atomic E-state index is 11.8. The van der Waals surface area contributed by atoms with Crippen molar-refractivity contribution in [3.8, 4) is 5.75 Å². The summed E-state index contributed by atoms with van der Waals surface area (Å²) >= 11 is 0. The van der Waals surface area contributed by atoms with Gasteiger partial charge in [0.2, 0.25) is 0 Å². The Hall–Kier alpha value is -1.77. The second kappa shape index (κ2) is 4.39. The number of carbonyl (C=O) groups excluding carboxylic acids is 1. The molecular formula is C13H15NO2. The van der Waals surface area contributed by atoms with Gasteiger partial charge in [0, 0.05) is 31.8 Å². The first-order valence-corrected chi connectivity index (χ1v) is 5.30. The molecule has 0 saturated heterocycles. The first-order chi connectivity index (χ1) is 7.70. The molecule has 3 heteroatoms. The van der Waals surface area contributed by atoms with Gasteiger partial charge in [-0.3, -0.25) is 4.79 Å². The lowest BCUT2D eigenvalue weighted by molar-refractivity contribution is -0.114. The second-order valence-corrected chi connectivity index (χ2v) is 3.93. The standard InChI is InChI=1S/C13H15NO2/c1-14-8-7-13(15)12(9-14)10-3-5-11(16-2)6-4-10/h3-6,9H,7-8H2,1-2H3. The average molecular weight is 217 g/mol. The molecule has 1 aliphatic heterocycles. The zero-order valence-corrected chi connectivity index (χ0v) is 9.56. The molecule has 3 nitrogen and oxygen atoms in total. The number of Topliss-reactive ketones (excluding diaryl/α,β-unsaturated/α-hetero) is 1. The number of allylic oxidation sites excluding steroid dienone is 1. The third kappa shape index (κ3) is 2.08. The molecule has 0 aliphatic carbocycles. The van der Waals surface area contributed by atoms with Gasteiger partial charge in [-0.15, -0.1) is 0 Å². The van der Waals surface area contributed by atoms with Crippen LogP contribution in [-0.4, -0.2) is 31.4 Å². The number of ketones is 1. The topological polar surface area (TPSA) is 29.5 Å². The van der Waals surface area contributed by atoms with E-state index in [4.69, 9.17) is 4.74 Å². The van der Waals surface area contributed by atoms with Crippen LogP contribution in [-0.2, 0) is 4.79 Å². The van der Waals surface area contributed by atoms with Crippen LogP contribution in [0.1, 0.15) is 12.0 Å². The molecule has 2 rings (SSSR count). The Bertz CT molecular complexity index is 420. The lowest BCUT2D eigenvalue weighted by atomic mass is 9.98. The fourth-order valence-corrected chi connectivity index (χ4v) is 1.78. The van der Waals surface area contributed by atoms with Crippen molar-refractivity contribution >= 4 is 11.4 Å².